The quantitative estimate of drug-likeness (QED) is 0.857. The normalized spacial score (nSPS) is 12.6. The Kier molecular flexibility index (Phi) is 5.20. The molecule has 0 amide bonds. The van der Waals surface area contributed by atoms with E-state index in [1.807, 2.05) is 19.2 Å². The number of aromatic nitrogens is 2. The first-order chi connectivity index (χ1) is 9.10. The maximum Gasteiger partial charge on any atom is 0.179 e. The third-order valence-corrected chi connectivity index (χ3v) is 5.41. The second-order valence-corrected chi connectivity index (χ2v) is 7.36. The molecular weight excluding hydrogens is 301 g/mol. The molecule has 0 aliphatic rings. The van der Waals surface area contributed by atoms with E-state index in [0.29, 0.717) is 12.0 Å². The Morgan fingerprint density at radius 3 is 2.74 bits per heavy atom. The van der Waals surface area contributed by atoms with Gasteiger partial charge in [-0.1, -0.05) is 40.9 Å². The monoisotopic (exact) mass is 315 g/mol. The first kappa shape index (κ1) is 14.8. The molecule has 1 aromatic heterocycles. The van der Waals surface area contributed by atoms with E-state index in [-0.39, 0.29) is 11.9 Å². The molecule has 2 rings (SSSR count). The minimum atomic E-state index is -0.211. The molecule has 1 atom stereocenters. The van der Waals surface area contributed by atoms with Gasteiger partial charge in [-0.05, 0) is 31.7 Å². The molecule has 0 saturated heterocycles. The lowest BCUT2D eigenvalue weighted by Crippen LogP contribution is -2.19. The first-order valence-corrected chi connectivity index (χ1v) is 8.54. The van der Waals surface area contributed by atoms with Gasteiger partial charge in [0.15, 0.2) is 8.68 Å². The number of nitrogens with two attached hydrogens (primary N) is 1. The fourth-order valence-corrected chi connectivity index (χ4v) is 4.13. The van der Waals surface area contributed by atoms with Gasteiger partial charge >= 0.3 is 0 Å². The minimum Gasteiger partial charge on any atom is -0.328 e. The molecule has 19 heavy (non-hydrogen) atoms. The van der Waals surface area contributed by atoms with Crippen LogP contribution in [0.25, 0.3) is 0 Å². The Morgan fingerprint density at radius 2 is 2.11 bits per heavy atom. The number of nitrogens with zero attached hydrogens (tertiary/aromatic N) is 2. The molecule has 0 aliphatic carbocycles. The highest BCUT2D eigenvalue weighted by atomic mass is 32.2. The summed E-state index contributed by atoms with van der Waals surface area (Å²) in [6, 6.07) is 4.99. The molecule has 7 heteroatoms. The molecule has 1 heterocycles. The number of thioether (sulfide) groups is 1. The van der Waals surface area contributed by atoms with E-state index in [1.54, 1.807) is 17.8 Å². The van der Waals surface area contributed by atoms with Gasteiger partial charge in [-0.3, -0.25) is 0 Å². The molecule has 0 spiro atoms. The molecule has 0 bridgehead atoms. The van der Waals surface area contributed by atoms with Crippen molar-refractivity contribution in [3.8, 4) is 0 Å². The van der Waals surface area contributed by atoms with Crippen molar-refractivity contribution in [3.05, 3.63) is 29.6 Å². The summed E-state index contributed by atoms with van der Waals surface area (Å²) in [6.45, 7) is 1.87. The van der Waals surface area contributed by atoms with Crippen molar-refractivity contribution in [2.45, 2.75) is 33.0 Å². The van der Waals surface area contributed by atoms with Crippen molar-refractivity contribution in [1.29, 1.82) is 0 Å². The Labute approximate surface area is 124 Å². The van der Waals surface area contributed by atoms with Gasteiger partial charge in [-0.2, -0.15) is 0 Å². The van der Waals surface area contributed by atoms with Crippen LogP contribution in [0.1, 0.15) is 12.5 Å². The summed E-state index contributed by atoms with van der Waals surface area (Å²) in [5.41, 5.74) is 6.43. The van der Waals surface area contributed by atoms with E-state index in [1.165, 1.54) is 29.2 Å². The lowest BCUT2D eigenvalue weighted by molar-refractivity contribution is 0.588. The lowest BCUT2D eigenvalue weighted by atomic mass is 10.1. The molecule has 0 radical (unpaired) electrons. The Bertz CT molecular complexity index is 557. The van der Waals surface area contributed by atoms with Gasteiger partial charge in [-0.15, -0.1) is 10.2 Å². The minimum absolute atomic E-state index is 0.0765. The van der Waals surface area contributed by atoms with Gasteiger partial charge < -0.3 is 5.73 Å². The van der Waals surface area contributed by atoms with E-state index in [4.69, 9.17) is 5.73 Å². The zero-order chi connectivity index (χ0) is 13.8. The fourth-order valence-electron chi connectivity index (χ4n) is 1.57. The van der Waals surface area contributed by atoms with Crippen LogP contribution in [0.2, 0.25) is 0 Å². The highest BCUT2D eigenvalue weighted by molar-refractivity contribution is 8.03. The third-order valence-electron chi connectivity index (χ3n) is 2.36. The second-order valence-electron chi connectivity index (χ2n) is 4.04. The first-order valence-electron chi connectivity index (χ1n) is 5.68. The van der Waals surface area contributed by atoms with Crippen LogP contribution < -0.4 is 5.73 Å². The van der Waals surface area contributed by atoms with Crippen molar-refractivity contribution < 1.29 is 4.39 Å². The van der Waals surface area contributed by atoms with Crippen molar-refractivity contribution in [3.63, 3.8) is 0 Å². The van der Waals surface area contributed by atoms with Gasteiger partial charge in [0, 0.05) is 16.5 Å². The average molecular weight is 315 g/mol. The SMILES string of the molecule is CSc1nnc(Sc2cccc(F)c2CC(C)N)s1. The molecule has 0 aliphatic heterocycles. The average Bonchev–Trinajstić information content (AvgIpc) is 2.81. The fraction of sp³-hybridized carbons (Fsp3) is 0.333. The zero-order valence-electron chi connectivity index (χ0n) is 10.6. The topological polar surface area (TPSA) is 51.8 Å². The summed E-state index contributed by atoms with van der Waals surface area (Å²) < 4.78 is 15.6. The molecule has 0 fully saturated rings. The number of hydrogen-bond acceptors (Lipinski definition) is 6. The highest BCUT2D eigenvalue weighted by Gasteiger charge is 2.13. The molecule has 0 saturated carbocycles. The van der Waals surface area contributed by atoms with E-state index in [2.05, 4.69) is 10.2 Å². The smallest absolute Gasteiger partial charge is 0.179 e. The van der Waals surface area contributed by atoms with E-state index < -0.39 is 0 Å². The number of rotatable bonds is 5. The summed E-state index contributed by atoms with van der Waals surface area (Å²) in [6.07, 6.45) is 2.47. The number of halogens is 1. The van der Waals surface area contributed by atoms with Crippen LogP contribution in [0.5, 0.6) is 0 Å². The maximum atomic E-state index is 13.9. The van der Waals surface area contributed by atoms with Gasteiger partial charge in [0.05, 0.1) is 0 Å². The maximum absolute atomic E-state index is 13.9. The van der Waals surface area contributed by atoms with Gasteiger partial charge in [0.1, 0.15) is 5.82 Å². The Morgan fingerprint density at radius 1 is 1.37 bits per heavy atom. The van der Waals surface area contributed by atoms with Crippen molar-refractivity contribution in [2.75, 3.05) is 6.26 Å². The van der Waals surface area contributed by atoms with Gasteiger partial charge in [0.2, 0.25) is 0 Å². The van der Waals surface area contributed by atoms with E-state index >= 15 is 0 Å². The van der Waals surface area contributed by atoms with Crippen molar-refractivity contribution >= 4 is 34.9 Å². The predicted octanol–water partition coefficient (Wildman–Crippen LogP) is 3.44. The predicted molar refractivity (Wildman–Crippen MR) is 79.6 cm³/mol. The van der Waals surface area contributed by atoms with Crippen LogP contribution in [-0.4, -0.2) is 22.5 Å². The highest BCUT2D eigenvalue weighted by Crippen LogP contribution is 2.35. The summed E-state index contributed by atoms with van der Waals surface area (Å²) in [7, 11) is 0. The lowest BCUT2D eigenvalue weighted by Gasteiger charge is -2.11. The molecule has 1 unspecified atom stereocenters. The third kappa shape index (κ3) is 3.92. The summed E-state index contributed by atoms with van der Waals surface area (Å²) >= 11 is 4.51. The van der Waals surface area contributed by atoms with E-state index in [9.17, 15) is 4.39 Å². The molecule has 3 nitrogen and oxygen atoms in total. The number of benzene rings is 1. The molecule has 1 aromatic carbocycles. The molecule has 2 aromatic rings. The van der Waals surface area contributed by atoms with Gasteiger partial charge in [0.25, 0.3) is 0 Å². The van der Waals surface area contributed by atoms with Crippen LogP contribution in [0.15, 0.2) is 31.8 Å². The van der Waals surface area contributed by atoms with Crippen LogP contribution in [0.4, 0.5) is 4.39 Å². The zero-order valence-corrected chi connectivity index (χ0v) is 13.0. The van der Waals surface area contributed by atoms with Crippen LogP contribution in [0.3, 0.4) is 0 Å². The van der Waals surface area contributed by atoms with Crippen molar-refractivity contribution in [2.24, 2.45) is 5.73 Å². The van der Waals surface area contributed by atoms with Crippen molar-refractivity contribution in [1.82, 2.24) is 10.2 Å². The summed E-state index contributed by atoms with van der Waals surface area (Å²) in [4.78, 5) is 0.862. The van der Waals surface area contributed by atoms with E-state index in [0.717, 1.165) is 13.6 Å². The number of hydrogen-bond donors (Lipinski definition) is 1. The summed E-state index contributed by atoms with van der Waals surface area (Å²) in [5, 5.41) is 8.13. The second kappa shape index (κ2) is 6.69. The Hall–Kier alpha value is -0.630. The summed E-state index contributed by atoms with van der Waals surface area (Å²) in [5.74, 6) is -0.211. The molecule has 102 valence electrons. The van der Waals surface area contributed by atoms with Crippen LogP contribution >= 0.6 is 34.9 Å². The van der Waals surface area contributed by atoms with Crippen LogP contribution in [0, 0.1) is 5.82 Å². The Balaban J connectivity index is 2.26. The standard InChI is InChI=1S/C12H14FN3S3/c1-7(14)6-8-9(13)4-3-5-10(8)18-12-16-15-11(17-2)19-12/h3-5,7H,6,14H2,1-2H3. The molecular formula is C12H14FN3S3. The van der Waals surface area contributed by atoms with Crippen LogP contribution in [-0.2, 0) is 6.42 Å². The molecule has 2 N–H and O–H groups in total. The largest absolute Gasteiger partial charge is 0.328 e. The van der Waals surface area contributed by atoms with Gasteiger partial charge in [-0.25, -0.2) is 4.39 Å².